The van der Waals surface area contributed by atoms with Gasteiger partial charge in [-0.2, -0.15) is 0 Å². The molecule has 0 aliphatic rings. The van der Waals surface area contributed by atoms with Crippen LogP contribution < -0.4 is 0 Å². The van der Waals surface area contributed by atoms with Gasteiger partial charge in [0.25, 0.3) is 5.91 Å². The molecular weight excluding hydrogens is 366 g/mol. The van der Waals surface area contributed by atoms with Crippen molar-refractivity contribution in [2.45, 2.75) is 13.1 Å². The predicted octanol–water partition coefficient (Wildman–Crippen LogP) is 5.99. The van der Waals surface area contributed by atoms with Crippen LogP contribution in [-0.2, 0) is 13.1 Å². The number of hydrogen-bond donors (Lipinski definition) is 0. The second kappa shape index (κ2) is 7.36. The Morgan fingerprint density at radius 2 is 1.73 bits per heavy atom. The molecule has 130 valence electrons. The lowest BCUT2D eigenvalue weighted by atomic mass is 10.2. The summed E-state index contributed by atoms with van der Waals surface area (Å²) in [4.78, 5) is 15.6. The Hall–Kier alpha value is -2.56. The normalized spacial score (nSPS) is 11.0. The van der Waals surface area contributed by atoms with Crippen LogP contribution in [0.3, 0.4) is 0 Å². The molecule has 1 amide bonds. The van der Waals surface area contributed by atoms with Gasteiger partial charge in [0, 0.05) is 16.6 Å². The molecule has 0 N–H and O–H groups in total. The molecule has 26 heavy (non-hydrogen) atoms. The number of fused-ring (bicyclic) bond motifs is 1. The quantitative estimate of drug-likeness (QED) is 0.425. The number of furan rings is 1. The van der Waals surface area contributed by atoms with Gasteiger partial charge in [-0.1, -0.05) is 60.1 Å². The number of thiophene rings is 1. The van der Waals surface area contributed by atoms with Crippen LogP contribution in [-0.4, -0.2) is 10.8 Å². The van der Waals surface area contributed by atoms with Crippen molar-refractivity contribution in [1.29, 1.82) is 0 Å². The van der Waals surface area contributed by atoms with Crippen molar-refractivity contribution in [3.05, 3.63) is 94.2 Å². The molecule has 0 spiro atoms. The third-order valence-corrected chi connectivity index (χ3v) is 5.82. The highest BCUT2D eigenvalue weighted by Crippen LogP contribution is 2.36. The second-order valence-electron chi connectivity index (χ2n) is 5.97. The summed E-state index contributed by atoms with van der Waals surface area (Å²) in [7, 11) is 0. The smallest absolute Gasteiger partial charge is 0.266 e. The molecule has 0 saturated carbocycles. The molecule has 4 rings (SSSR count). The third-order valence-electron chi connectivity index (χ3n) is 4.16. The van der Waals surface area contributed by atoms with E-state index in [-0.39, 0.29) is 5.91 Å². The largest absolute Gasteiger partial charge is 0.467 e. The molecule has 0 saturated heterocycles. The van der Waals surface area contributed by atoms with Crippen molar-refractivity contribution < 1.29 is 9.21 Å². The monoisotopic (exact) mass is 381 g/mol. The first-order valence-electron chi connectivity index (χ1n) is 8.25. The number of hydrogen-bond acceptors (Lipinski definition) is 3. The van der Waals surface area contributed by atoms with E-state index in [9.17, 15) is 4.79 Å². The number of rotatable bonds is 5. The van der Waals surface area contributed by atoms with Gasteiger partial charge in [-0.05, 0) is 23.8 Å². The topological polar surface area (TPSA) is 33.5 Å². The van der Waals surface area contributed by atoms with Crippen molar-refractivity contribution in [3.63, 3.8) is 0 Å². The molecule has 5 heteroatoms. The van der Waals surface area contributed by atoms with E-state index in [1.807, 2.05) is 66.7 Å². The third kappa shape index (κ3) is 3.39. The maximum atomic E-state index is 13.3. The van der Waals surface area contributed by atoms with Gasteiger partial charge in [0.2, 0.25) is 0 Å². The Morgan fingerprint density at radius 1 is 0.962 bits per heavy atom. The molecule has 0 bridgehead atoms. The molecule has 2 aromatic heterocycles. The molecule has 0 fully saturated rings. The van der Waals surface area contributed by atoms with E-state index in [0.29, 0.717) is 23.0 Å². The van der Waals surface area contributed by atoms with Crippen LogP contribution in [0, 0.1) is 0 Å². The van der Waals surface area contributed by atoms with Crippen LogP contribution >= 0.6 is 22.9 Å². The first kappa shape index (κ1) is 16.9. The fourth-order valence-electron chi connectivity index (χ4n) is 2.89. The van der Waals surface area contributed by atoms with Crippen molar-refractivity contribution >= 4 is 38.9 Å². The fourth-order valence-corrected chi connectivity index (χ4v) is 4.37. The number of halogens is 1. The lowest BCUT2D eigenvalue weighted by molar-refractivity contribution is 0.0723. The van der Waals surface area contributed by atoms with Gasteiger partial charge >= 0.3 is 0 Å². The number of carbonyl (C=O) groups excluding carboxylic acids is 1. The Morgan fingerprint density at radius 3 is 2.46 bits per heavy atom. The summed E-state index contributed by atoms with van der Waals surface area (Å²) in [6.45, 7) is 0.885. The van der Waals surface area contributed by atoms with E-state index in [1.54, 1.807) is 11.2 Å². The van der Waals surface area contributed by atoms with Crippen molar-refractivity contribution in [3.8, 4) is 0 Å². The van der Waals surface area contributed by atoms with Gasteiger partial charge in [0.1, 0.15) is 10.6 Å². The maximum Gasteiger partial charge on any atom is 0.266 e. The molecule has 0 radical (unpaired) electrons. The molecule has 0 unspecified atom stereocenters. The van der Waals surface area contributed by atoms with Crippen LogP contribution in [0.25, 0.3) is 10.1 Å². The second-order valence-corrected chi connectivity index (χ2v) is 7.40. The zero-order valence-electron chi connectivity index (χ0n) is 13.9. The van der Waals surface area contributed by atoms with Gasteiger partial charge in [0.15, 0.2) is 0 Å². The Bertz CT molecular complexity index is 1020. The molecule has 0 atom stereocenters. The van der Waals surface area contributed by atoms with Crippen LogP contribution in [0.2, 0.25) is 5.02 Å². The van der Waals surface area contributed by atoms with Gasteiger partial charge < -0.3 is 9.32 Å². The van der Waals surface area contributed by atoms with Crippen LogP contribution in [0.15, 0.2) is 77.4 Å². The molecule has 4 aromatic rings. The van der Waals surface area contributed by atoms with E-state index in [4.69, 9.17) is 16.0 Å². The average molecular weight is 382 g/mol. The molecule has 2 heterocycles. The van der Waals surface area contributed by atoms with E-state index in [0.717, 1.165) is 21.4 Å². The van der Waals surface area contributed by atoms with Crippen molar-refractivity contribution in [2.24, 2.45) is 0 Å². The summed E-state index contributed by atoms with van der Waals surface area (Å²) in [5.74, 6) is 0.656. The predicted molar refractivity (Wildman–Crippen MR) is 106 cm³/mol. The first-order chi connectivity index (χ1) is 12.7. The molecule has 3 nitrogen and oxygen atoms in total. The minimum Gasteiger partial charge on any atom is -0.467 e. The first-order valence-corrected chi connectivity index (χ1v) is 9.44. The molecule has 0 aliphatic heterocycles. The Kier molecular flexibility index (Phi) is 4.78. The minimum absolute atomic E-state index is 0.0866. The Balaban J connectivity index is 1.69. The maximum absolute atomic E-state index is 13.3. The standard InChI is InChI=1S/C21H16ClNO2S/c22-19-17-10-4-5-11-18(17)26-20(19)21(24)23(14-16-9-6-12-25-16)13-15-7-2-1-3-8-15/h1-12H,13-14H2. The van der Waals surface area contributed by atoms with Crippen LogP contribution in [0.5, 0.6) is 0 Å². The SMILES string of the molecule is O=C(c1sc2ccccc2c1Cl)N(Cc1ccccc1)Cc1ccco1. The van der Waals surface area contributed by atoms with E-state index >= 15 is 0 Å². The lowest BCUT2D eigenvalue weighted by Crippen LogP contribution is -2.29. The highest BCUT2D eigenvalue weighted by molar-refractivity contribution is 7.21. The number of amides is 1. The summed E-state index contributed by atoms with van der Waals surface area (Å²) in [5, 5.41) is 1.44. The van der Waals surface area contributed by atoms with Gasteiger partial charge in [0.05, 0.1) is 17.8 Å². The molecular formula is C21H16ClNO2S. The zero-order valence-corrected chi connectivity index (χ0v) is 15.5. The molecule has 2 aromatic carbocycles. The van der Waals surface area contributed by atoms with Gasteiger partial charge in [-0.3, -0.25) is 4.79 Å². The fraction of sp³-hybridized carbons (Fsp3) is 0.0952. The summed E-state index contributed by atoms with van der Waals surface area (Å²) < 4.78 is 6.47. The van der Waals surface area contributed by atoms with E-state index in [2.05, 4.69) is 0 Å². The zero-order chi connectivity index (χ0) is 17.9. The van der Waals surface area contributed by atoms with Gasteiger partial charge in [-0.15, -0.1) is 11.3 Å². The van der Waals surface area contributed by atoms with E-state index in [1.165, 1.54) is 11.3 Å². The summed E-state index contributed by atoms with van der Waals surface area (Å²) in [6, 6.07) is 21.4. The van der Waals surface area contributed by atoms with Crippen LogP contribution in [0.1, 0.15) is 21.0 Å². The molecule has 0 aliphatic carbocycles. The number of carbonyl (C=O) groups is 1. The van der Waals surface area contributed by atoms with Crippen molar-refractivity contribution in [2.75, 3.05) is 0 Å². The van der Waals surface area contributed by atoms with Crippen molar-refractivity contribution in [1.82, 2.24) is 4.90 Å². The highest BCUT2D eigenvalue weighted by atomic mass is 35.5. The number of nitrogens with zero attached hydrogens (tertiary/aromatic N) is 1. The minimum atomic E-state index is -0.0866. The average Bonchev–Trinajstić information content (AvgIpc) is 3.30. The summed E-state index contributed by atoms with van der Waals surface area (Å²) >= 11 is 7.95. The highest BCUT2D eigenvalue weighted by Gasteiger charge is 2.23. The van der Waals surface area contributed by atoms with Gasteiger partial charge in [-0.25, -0.2) is 0 Å². The summed E-state index contributed by atoms with van der Waals surface area (Å²) in [5.41, 5.74) is 1.06. The Labute approximate surface area is 160 Å². The number of benzene rings is 2. The van der Waals surface area contributed by atoms with Crippen LogP contribution in [0.4, 0.5) is 0 Å². The lowest BCUT2D eigenvalue weighted by Gasteiger charge is -2.21. The summed E-state index contributed by atoms with van der Waals surface area (Å²) in [6.07, 6.45) is 1.62. The van der Waals surface area contributed by atoms with E-state index < -0.39 is 0 Å².